The third-order valence-corrected chi connectivity index (χ3v) is 4.95. The standard InChI is InChI=1S/C17H16ClN5O3/c1-26-13-3-2-11(12(25)8-10-14(18)20-7-6-19-10)23-15(13)21-16(22-23)17(9-24)4-5-17/h2-3,6-7,24H,4-5,8-9H2,1H3. The Balaban J connectivity index is 1.77. The molecule has 0 atom stereocenters. The highest BCUT2D eigenvalue weighted by Gasteiger charge is 2.47. The van der Waals surface area contributed by atoms with Crippen LogP contribution in [0.3, 0.4) is 0 Å². The molecule has 0 bridgehead atoms. The minimum Gasteiger partial charge on any atom is -0.493 e. The van der Waals surface area contributed by atoms with Crippen LogP contribution in [0.2, 0.25) is 5.15 Å². The molecule has 8 nitrogen and oxygen atoms in total. The zero-order chi connectivity index (χ0) is 18.3. The summed E-state index contributed by atoms with van der Waals surface area (Å²) in [6.45, 7) is -0.0231. The number of methoxy groups -OCH3 is 1. The summed E-state index contributed by atoms with van der Waals surface area (Å²) in [5, 5.41) is 14.3. The lowest BCUT2D eigenvalue weighted by atomic mass is 10.1. The minimum absolute atomic E-state index is 0.00552. The molecule has 134 valence electrons. The lowest BCUT2D eigenvalue weighted by Gasteiger charge is -2.07. The van der Waals surface area contributed by atoms with Gasteiger partial charge in [0.1, 0.15) is 5.69 Å². The molecular formula is C17H16ClN5O3. The molecule has 4 rings (SSSR count). The van der Waals surface area contributed by atoms with Crippen LogP contribution in [-0.4, -0.2) is 49.2 Å². The molecule has 0 radical (unpaired) electrons. The van der Waals surface area contributed by atoms with E-state index >= 15 is 0 Å². The van der Waals surface area contributed by atoms with Gasteiger partial charge in [-0.05, 0) is 25.0 Å². The van der Waals surface area contributed by atoms with Gasteiger partial charge in [0.25, 0.3) is 0 Å². The number of aliphatic hydroxyl groups is 1. The number of halogens is 1. The van der Waals surface area contributed by atoms with E-state index in [0.717, 1.165) is 12.8 Å². The molecule has 1 fully saturated rings. The molecule has 0 aliphatic heterocycles. The zero-order valence-electron chi connectivity index (χ0n) is 14.0. The number of nitrogens with zero attached hydrogens (tertiary/aromatic N) is 5. The van der Waals surface area contributed by atoms with E-state index in [9.17, 15) is 9.90 Å². The summed E-state index contributed by atoms with van der Waals surface area (Å²) in [4.78, 5) is 25.4. The van der Waals surface area contributed by atoms with Crippen LogP contribution in [-0.2, 0) is 11.8 Å². The summed E-state index contributed by atoms with van der Waals surface area (Å²) < 4.78 is 6.81. The molecule has 1 N–H and O–H groups in total. The molecule has 0 amide bonds. The van der Waals surface area contributed by atoms with Crippen molar-refractivity contribution in [2.75, 3.05) is 13.7 Å². The van der Waals surface area contributed by atoms with E-state index in [-0.39, 0.29) is 24.0 Å². The molecule has 26 heavy (non-hydrogen) atoms. The Labute approximate surface area is 153 Å². The summed E-state index contributed by atoms with van der Waals surface area (Å²) in [5.74, 6) is 0.813. The molecule has 9 heteroatoms. The molecule has 3 aromatic rings. The quantitative estimate of drug-likeness (QED) is 0.655. The van der Waals surface area contributed by atoms with Gasteiger partial charge in [-0.2, -0.15) is 0 Å². The van der Waals surface area contributed by atoms with Crippen molar-refractivity contribution >= 4 is 23.0 Å². The minimum atomic E-state index is -0.411. The van der Waals surface area contributed by atoms with Crippen LogP contribution in [0.5, 0.6) is 5.75 Å². The molecule has 0 saturated heterocycles. The first-order valence-corrected chi connectivity index (χ1v) is 8.49. The molecule has 0 aromatic carbocycles. The number of pyridine rings is 1. The molecule has 1 saturated carbocycles. The fourth-order valence-electron chi connectivity index (χ4n) is 2.85. The van der Waals surface area contributed by atoms with Gasteiger partial charge >= 0.3 is 0 Å². The van der Waals surface area contributed by atoms with Crippen molar-refractivity contribution in [1.29, 1.82) is 0 Å². The Morgan fingerprint density at radius 3 is 2.77 bits per heavy atom. The Bertz CT molecular complexity index is 999. The molecule has 0 unspecified atom stereocenters. The summed E-state index contributed by atoms with van der Waals surface area (Å²) in [6.07, 6.45) is 4.59. The third kappa shape index (κ3) is 2.71. The van der Waals surface area contributed by atoms with Crippen molar-refractivity contribution in [2.45, 2.75) is 24.7 Å². The number of aliphatic hydroxyl groups excluding tert-OH is 1. The van der Waals surface area contributed by atoms with Crippen LogP contribution in [0.25, 0.3) is 5.65 Å². The normalized spacial score (nSPS) is 15.2. The monoisotopic (exact) mass is 373 g/mol. The second-order valence-corrected chi connectivity index (χ2v) is 6.65. The van der Waals surface area contributed by atoms with Crippen LogP contribution in [0.1, 0.15) is 34.8 Å². The van der Waals surface area contributed by atoms with E-state index in [1.54, 1.807) is 12.1 Å². The highest BCUT2D eigenvalue weighted by molar-refractivity contribution is 6.30. The fraction of sp³-hybridized carbons (Fsp3) is 0.353. The van der Waals surface area contributed by atoms with Crippen LogP contribution < -0.4 is 4.74 Å². The highest BCUT2D eigenvalue weighted by Crippen LogP contribution is 2.46. The van der Waals surface area contributed by atoms with E-state index in [4.69, 9.17) is 16.3 Å². The molecular weight excluding hydrogens is 358 g/mol. The van der Waals surface area contributed by atoms with E-state index in [0.29, 0.717) is 28.6 Å². The van der Waals surface area contributed by atoms with E-state index in [2.05, 4.69) is 20.1 Å². The van der Waals surface area contributed by atoms with Gasteiger partial charge in [0.15, 0.2) is 28.2 Å². The molecule has 1 aliphatic carbocycles. The predicted octanol–water partition coefficient (Wildman–Crippen LogP) is 1.63. The Morgan fingerprint density at radius 2 is 2.12 bits per heavy atom. The summed E-state index contributed by atoms with van der Waals surface area (Å²) in [5.41, 5.74) is 0.775. The van der Waals surface area contributed by atoms with Gasteiger partial charge in [0.05, 0.1) is 31.2 Å². The van der Waals surface area contributed by atoms with Gasteiger partial charge in [-0.15, -0.1) is 5.10 Å². The van der Waals surface area contributed by atoms with Gasteiger partial charge in [-0.3, -0.25) is 9.78 Å². The maximum absolute atomic E-state index is 12.8. The van der Waals surface area contributed by atoms with Crippen molar-refractivity contribution in [3.63, 3.8) is 0 Å². The van der Waals surface area contributed by atoms with Gasteiger partial charge < -0.3 is 9.84 Å². The number of hydrogen-bond donors (Lipinski definition) is 1. The molecule has 3 aromatic heterocycles. The number of carbonyl (C=O) groups is 1. The highest BCUT2D eigenvalue weighted by atomic mass is 35.5. The Kier molecular flexibility index (Phi) is 4.08. The predicted molar refractivity (Wildman–Crippen MR) is 92.6 cm³/mol. The molecule has 3 heterocycles. The van der Waals surface area contributed by atoms with Crippen LogP contribution in [0.15, 0.2) is 24.5 Å². The van der Waals surface area contributed by atoms with Crippen LogP contribution >= 0.6 is 11.6 Å². The maximum atomic E-state index is 12.8. The van der Waals surface area contributed by atoms with E-state index in [1.807, 2.05) is 0 Å². The first-order chi connectivity index (χ1) is 12.6. The topological polar surface area (TPSA) is 102 Å². The lowest BCUT2D eigenvalue weighted by Crippen LogP contribution is -2.15. The second kappa shape index (κ2) is 6.30. The first kappa shape index (κ1) is 16.9. The molecule has 0 spiro atoms. The van der Waals surface area contributed by atoms with Gasteiger partial charge in [0.2, 0.25) is 0 Å². The smallest absolute Gasteiger partial charge is 0.198 e. The average Bonchev–Trinajstić information content (AvgIpc) is 3.33. The number of hydrogen-bond acceptors (Lipinski definition) is 7. The average molecular weight is 374 g/mol. The van der Waals surface area contributed by atoms with Crippen molar-refractivity contribution in [3.8, 4) is 5.75 Å². The SMILES string of the molecule is COc1ccc(C(=O)Cc2nccnc2Cl)n2nc(C3(CO)CC3)nc12. The van der Waals surface area contributed by atoms with Crippen molar-refractivity contribution in [2.24, 2.45) is 0 Å². The van der Waals surface area contributed by atoms with Gasteiger partial charge in [-0.25, -0.2) is 14.5 Å². The van der Waals surface area contributed by atoms with Crippen molar-refractivity contribution < 1.29 is 14.6 Å². The summed E-state index contributed by atoms with van der Waals surface area (Å²) >= 11 is 6.00. The van der Waals surface area contributed by atoms with Gasteiger partial charge in [0, 0.05) is 12.4 Å². The number of rotatable bonds is 6. The number of ether oxygens (including phenoxy) is 1. The number of carbonyl (C=O) groups excluding carboxylic acids is 1. The third-order valence-electron chi connectivity index (χ3n) is 4.64. The summed E-state index contributed by atoms with van der Waals surface area (Å²) in [6, 6.07) is 3.31. The van der Waals surface area contributed by atoms with Crippen molar-refractivity contribution in [3.05, 3.63) is 46.9 Å². The van der Waals surface area contributed by atoms with Crippen molar-refractivity contribution in [1.82, 2.24) is 24.6 Å². The van der Waals surface area contributed by atoms with E-state index in [1.165, 1.54) is 24.0 Å². The zero-order valence-corrected chi connectivity index (χ0v) is 14.8. The number of aromatic nitrogens is 5. The Hall–Kier alpha value is -2.58. The fourth-order valence-corrected chi connectivity index (χ4v) is 3.02. The second-order valence-electron chi connectivity index (χ2n) is 6.29. The lowest BCUT2D eigenvalue weighted by molar-refractivity contribution is 0.0984. The van der Waals surface area contributed by atoms with Gasteiger partial charge in [-0.1, -0.05) is 11.6 Å². The number of fused-ring (bicyclic) bond motifs is 1. The number of ketones is 1. The van der Waals surface area contributed by atoms with E-state index < -0.39 is 5.41 Å². The van der Waals surface area contributed by atoms with Crippen LogP contribution in [0, 0.1) is 0 Å². The first-order valence-electron chi connectivity index (χ1n) is 8.12. The summed E-state index contributed by atoms with van der Waals surface area (Å²) in [7, 11) is 1.53. The molecule has 1 aliphatic rings. The largest absolute Gasteiger partial charge is 0.493 e. The number of Topliss-reactive ketones (excluding diaryl/α,β-unsaturated/α-hetero) is 1. The van der Waals surface area contributed by atoms with Crippen LogP contribution in [0.4, 0.5) is 0 Å². The Morgan fingerprint density at radius 1 is 1.35 bits per heavy atom. The maximum Gasteiger partial charge on any atom is 0.198 e.